The zero-order chi connectivity index (χ0) is 10.0. The Labute approximate surface area is 86.8 Å². The van der Waals surface area contributed by atoms with Crippen LogP contribution in [0.3, 0.4) is 0 Å². The fourth-order valence-electron chi connectivity index (χ4n) is 0.859. The highest BCUT2D eigenvalue weighted by Gasteiger charge is 2.20. The van der Waals surface area contributed by atoms with Crippen LogP contribution in [0.1, 0.15) is 10.4 Å². The zero-order valence-electron chi connectivity index (χ0n) is 6.16. The quantitative estimate of drug-likeness (QED) is 0.469. The maximum absolute atomic E-state index is 10.8. The number of benzene rings is 1. The molecule has 1 rings (SSSR count). The molecule has 1 aromatic rings. The van der Waals surface area contributed by atoms with Crippen molar-refractivity contribution in [3.8, 4) is 0 Å². The second-order valence-corrected chi connectivity index (χ2v) is 3.36. The molecular weight excluding hydrogens is 261 g/mol. The molecule has 4 nitrogen and oxygen atoms in total. The first kappa shape index (κ1) is 10.1. The van der Waals surface area contributed by atoms with Crippen molar-refractivity contribution in [3.05, 3.63) is 38.3 Å². The van der Waals surface area contributed by atoms with Crippen molar-refractivity contribution in [2.75, 3.05) is 0 Å². The lowest BCUT2D eigenvalue weighted by molar-refractivity contribution is -0.385. The van der Waals surface area contributed by atoms with E-state index in [0.29, 0.717) is 4.47 Å². The second-order valence-electron chi connectivity index (χ2n) is 2.16. The molecule has 0 fully saturated rings. The van der Waals surface area contributed by atoms with Gasteiger partial charge in [-0.15, -0.1) is 0 Å². The highest BCUT2D eigenvalue weighted by atomic mass is 79.9. The van der Waals surface area contributed by atoms with Gasteiger partial charge in [-0.25, -0.2) is 0 Å². The van der Waals surface area contributed by atoms with Crippen LogP contribution in [0.2, 0.25) is 0 Å². The van der Waals surface area contributed by atoms with Gasteiger partial charge in [0.2, 0.25) is 0 Å². The second kappa shape index (κ2) is 3.85. The van der Waals surface area contributed by atoms with Gasteiger partial charge < -0.3 is 0 Å². The predicted molar refractivity (Wildman–Crippen MR) is 51.0 cm³/mol. The molecule has 0 aromatic heterocycles. The van der Waals surface area contributed by atoms with Gasteiger partial charge in [0.25, 0.3) is 10.9 Å². The summed E-state index contributed by atoms with van der Waals surface area (Å²) >= 11 is 8.19. The topological polar surface area (TPSA) is 60.2 Å². The van der Waals surface area contributed by atoms with E-state index in [9.17, 15) is 14.9 Å². The lowest BCUT2D eigenvalue weighted by Crippen LogP contribution is -1.99. The van der Waals surface area contributed by atoms with Gasteiger partial charge in [-0.3, -0.25) is 14.9 Å². The van der Waals surface area contributed by atoms with Crippen LogP contribution >= 0.6 is 27.5 Å². The van der Waals surface area contributed by atoms with E-state index in [1.807, 2.05) is 0 Å². The summed E-state index contributed by atoms with van der Waals surface area (Å²) in [6.45, 7) is 0. The standard InChI is InChI=1S/C7H3BrClNO3/c8-4-2-1-3-5(10(12)13)6(4)7(9)11/h1-3H. The molecule has 0 aliphatic carbocycles. The van der Waals surface area contributed by atoms with Gasteiger partial charge in [0.15, 0.2) is 0 Å². The highest BCUT2D eigenvalue weighted by Crippen LogP contribution is 2.27. The Bertz CT molecular complexity index is 380. The largest absolute Gasteiger partial charge is 0.282 e. The average molecular weight is 264 g/mol. The number of nitro benzene ring substituents is 1. The third kappa shape index (κ3) is 2.05. The van der Waals surface area contributed by atoms with Gasteiger partial charge in [0, 0.05) is 10.5 Å². The van der Waals surface area contributed by atoms with Gasteiger partial charge in [-0.05, 0) is 33.6 Å². The Hall–Kier alpha value is -0.940. The Kier molecular flexibility index (Phi) is 3.00. The van der Waals surface area contributed by atoms with Gasteiger partial charge in [-0.1, -0.05) is 6.07 Å². The van der Waals surface area contributed by atoms with E-state index in [1.165, 1.54) is 18.2 Å². The number of hydrogen-bond donors (Lipinski definition) is 0. The van der Waals surface area contributed by atoms with Crippen LogP contribution in [0.4, 0.5) is 5.69 Å². The fraction of sp³-hybridized carbons (Fsp3) is 0. The molecule has 0 bridgehead atoms. The fourth-order valence-corrected chi connectivity index (χ4v) is 1.71. The molecule has 6 heteroatoms. The van der Waals surface area contributed by atoms with E-state index < -0.39 is 10.2 Å². The molecule has 1 aromatic carbocycles. The smallest absolute Gasteiger partial charge is 0.275 e. The van der Waals surface area contributed by atoms with Crippen molar-refractivity contribution >= 4 is 38.5 Å². The van der Waals surface area contributed by atoms with E-state index >= 15 is 0 Å². The van der Waals surface area contributed by atoms with Crippen LogP contribution in [-0.2, 0) is 0 Å². The third-order valence-corrected chi connectivity index (χ3v) is 2.23. The lowest BCUT2D eigenvalue weighted by atomic mass is 10.2. The van der Waals surface area contributed by atoms with Gasteiger partial charge in [0.05, 0.1) is 4.92 Å². The van der Waals surface area contributed by atoms with Crippen LogP contribution in [0, 0.1) is 10.1 Å². The monoisotopic (exact) mass is 263 g/mol. The van der Waals surface area contributed by atoms with E-state index in [2.05, 4.69) is 15.9 Å². The number of rotatable bonds is 2. The third-order valence-electron chi connectivity index (χ3n) is 1.38. The SMILES string of the molecule is O=C(Cl)c1c(Br)cccc1[N+](=O)[O-]. The maximum atomic E-state index is 10.8. The van der Waals surface area contributed by atoms with E-state index in [1.54, 1.807) is 0 Å². The number of nitro groups is 1. The predicted octanol–water partition coefficient (Wildman–Crippen LogP) is 2.74. The van der Waals surface area contributed by atoms with Crippen LogP contribution in [-0.4, -0.2) is 10.2 Å². The summed E-state index contributed by atoms with van der Waals surface area (Å²) in [6, 6.07) is 4.20. The molecule has 0 radical (unpaired) electrons. The lowest BCUT2D eigenvalue weighted by Gasteiger charge is -1.98. The van der Waals surface area contributed by atoms with Crippen molar-refractivity contribution in [1.29, 1.82) is 0 Å². The van der Waals surface area contributed by atoms with E-state index in [4.69, 9.17) is 11.6 Å². The normalized spacial score (nSPS) is 9.69. The molecule has 0 unspecified atom stereocenters. The van der Waals surface area contributed by atoms with Crippen LogP contribution in [0.15, 0.2) is 22.7 Å². The summed E-state index contributed by atoms with van der Waals surface area (Å²) in [5, 5.41) is 9.60. The summed E-state index contributed by atoms with van der Waals surface area (Å²) < 4.78 is 0.321. The minimum atomic E-state index is -0.848. The van der Waals surface area contributed by atoms with Crippen molar-refractivity contribution in [3.63, 3.8) is 0 Å². The molecule has 0 aliphatic rings. The molecule has 0 aliphatic heterocycles. The van der Waals surface area contributed by atoms with E-state index in [-0.39, 0.29) is 11.3 Å². The molecular formula is C7H3BrClNO3. The van der Waals surface area contributed by atoms with Crippen molar-refractivity contribution in [1.82, 2.24) is 0 Å². The minimum Gasteiger partial charge on any atom is -0.275 e. The molecule has 0 heterocycles. The number of carbonyl (C=O) groups is 1. The summed E-state index contributed by atoms with van der Waals surface area (Å²) in [6.07, 6.45) is 0. The van der Waals surface area contributed by atoms with Crippen molar-refractivity contribution in [2.45, 2.75) is 0 Å². The minimum absolute atomic E-state index is 0.117. The number of nitrogens with zero attached hydrogens (tertiary/aromatic N) is 1. The Balaban J connectivity index is 3.43. The molecule has 0 saturated carbocycles. The van der Waals surface area contributed by atoms with E-state index in [0.717, 1.165) is 0 Å². The Morgan fingerprint density at radius 2 is 2.15 bits per heavy atom. The Morgan fingerprint density at radius 3 is 2.54 bits per heavy atom. The molecule has 0 atom stereocenters. The van der Waals surface area contributed by atoms with Crippen LogP contribution in [0.25, 0.3) is 0 Å². The maximum Gasteiger partial charge on any atom is 0.282 e. The summed E-state index contributed by atoms with van der Waals surface area (Å²) in [5.41, 5.74) is -0.413. The number of hydrogen-bond acceptors (Lipinski definition) is 3. The van der Waals surface area contributed by atoms with Gasteiger partial charge >= 0.3 is 0 Å². The first-order valence-corrected chi connectivity index (χ1v) is 4.34. The summed E-state index contributed by atoms with van der Waals surface area (Å²) in [4.78, 5) is 20.6. The average Bonchev–Trinajstić information content (AvgIpc) is 2.02. The molecule has 0 saturated heterocycles. The Morgan fingerprint density at radius 1 is 1.54 bits per heavy atom. The molecule has 0 N–H and O–H groups in total. The molecule has 13 heavy (non-hydrogen) atoms. The van der Waals surface area contributed by atoms with Gasteiger partial charge in [-0.2, -0.15) is 0 Å². The van der Waals surface area contributed by atoms with Crippen LogP contribution < -0.4 is 0 Å². The zero-order valence-corrected chi connectivity index (χ0v) is 8.50. The summed E-state index contributed by atoms with van der Waals surface area (Å²) in [7, 11) is 0. The first-order valence-electron chi connectivity index (χ1n) is 3.16. The molecule has 0 spiro atoms. The van der Waals surface area contributed by atoms with Gasteiger partial charge in [0.1, 0.15) is 5.56 Å². The highest BCUT2D eigenvalue weighted by molar-refractivity contribution is 9.10. The molecule has 68 valence electrons. The number of carbonyl (C=O) groups excluding carboxylic acids is 1. The number of halogens is 2. The van der Waals surface area contributed by atoms with Crippen LogP contribution in [0.5, 0.6) is 0 Å². The van der Waals surface area contributed by atoms with Crippen molar-refractivity contribution < 1.29 is 9.72 Å². The summed E-state index contributed by atoms with van der Waals surface area (Å²) in [5.74, 6) is 0. The molecule has 0 amide bonds. The first-order chi connectivity index (χ1) is 6.04. The van der Waals surface area contributed by atoms with Crippen molar-refractivity contribution in [2.24, 2.45) is 0 Å².